The van der Waals surface area contributed by atoms with Gasteiger partial charge >= 0.3 is 6.01 Å². The molecule has 3 aromatic rings. The van der Waals surface area contributed by atoms with Crippen LogP contribution in [-0.4, -0.2) is 22.1 Å². The van der Waals surface area contributed by atoms with Gasteiger partial charge in [-0.05, 0) is 27.9 Å². The van der Waals surface area contributed by atoms with Gasteiger partial charge in [0.15, 0.2) is 0 Å². The summed E-state index contributed by atoms with van der Waals surface area (Å²) >= 11 is 5.82. The van der Waals surface area contributed by atoms with Crippen molar-refractivity contribution in [3.63, 3.8) is 0 Å². The van der Waals surface area contributed by atoms with E-state index < -0.39 is 0 Å². The van der Waals surface area contributed by atoms with Crippen LogP contribution in [0, 0.1) is 0 Å². The minimum absolute atomic E-state index is 0.0993. The van der Waals surface area contributed by atoms with Gasteiger partial charge < -0.3 is 10.1 Å². The van der Waals surface area contributed by atoms with Gasteiger partial charge in [-0.15, -0.1) is 0 Å². The number of methoxy groups -OCH3 is 1. The fourth-order valence-corrected chi connectivity index (χ4v) is 2.28. The quantitative estimate of drug-likeness (QED) is 0.801. The molecule has 106 valence electrons. The van der Waals surface area contributed by atoms with E-state index in [1.165, 1.54) is 17.9 Å². The van der Waals surface area contributed by atoms with E-state index in [0.717, 1.165) is 5.56 Å². The third-order valence-corrected chi connectivity index (χ3v) is 3.26. The molecule has 21 heavy (non-hydrogen) atoms. The second-order valence-corrected chi connectivity index (χ2v) is 4.74. The number of ether oxygens (including phenoxy) is 1. The molecule has 0 unspecified atom stereocenters. The highest BCUT2D eigenvalue weighted by atomic mass is 35.5. The van der Waals surface area contributed by atoms with Gasteiger partial charge in [0.05, 0.1) is 7.11 Å². The molecular formula is C15H13ClN4O. The van der Waals surface area contributed by atoms with E-state index in [2.05, 4.69) is 44.5 Å². The van der Waals surface area contributed by atoms with Crippen LogP contribution < -0.4 is 10.1 Å². The Morgan fingerprint density at radius 3 is 2.71 bits per heavy atom. The standard InChI is InChI=1S/C15H13ClN4O/c1-21-15-19-13(16)18-14(20-15)17-9-11-7-4-6-10-5-2-3-8-12(10)11/h2-8H,9H2,1H3,(H,17,18,19,20). The van der Waals surface area contributed by atoms with Gasteiger partial charge in [0, 0.05) is 6.54 Å². The van der Waals surface area contributed by atoms with Crippen molar-refractivity contribution < 1.29 is 4.74 Å². The van der Waals surface area contributed by atoms with Crippen molar-refractivity contribution in [1.29, 1.82) is 0 Å². The van der Waals surface area contributed by atoms with Crippen molar-refractivity contribution in [3.05, 3.63) is 53.3 Å². The maximum absolute atomic E-state index is 5.82. The van der Waals surface area contributed by atoms with Crippen LogP contribution in [0.1, 0.15) is 5.56 Å². The minimum Gasteiger partial charge on any atom is -0.467 e. The van der Waals surface area contributed by atoms with Crippen molar-refractivity contribution in [3.8, 4) is 6.01 Å². The molecular weight excluding hydrogens is 288 g/mol. The molecule has 6 heteroatoms. The van der Waals surface area contributed by atoms with E-state index in [9.17, 15) is 0 Å². The highest BCUT2D eigenvalue weighted by Gasteiger charge is 2.06. The second kappa shape index (κ2) is 5.93. The lowest BCUT2D eigenvalue weighted by Crippen LogP contribution is -2.06. The third kappa shape index (κ3) is 3.03. The first-order valence-electron chi connectivity index (χ1n) is 6.42. The van der Waals surface area contributed by atoms with Crippen LogP contribution in [0.4, 0.5) is 5.95 Å². The lowest BCUT2D eigenvalue weighted by molar-refractivity contribution is 0.379. The van der Waals surface area contributed by atoms with Crippen molar-refractivity contribution in [2.45, 2.75) is 6.54 Å². The van der Waals surface area contributed by atoms with Gasteiger partial charge in [-0.3, -0.25) is 0 Å². The van der Waals surface area contributed by atoms with Crippen LogP contribution in [0.2, 0.25) is 5.28 Å². The number of anilines is 1. The Labute approximate surface area is 127 Å². The molecule has 0 radical (unpaired) electrons. The van der Waals surface area contributed by atoms with Gasteiger partial charge in [-0.1, -0.05) is 42.5 Å². The number of fused-ring (bicyclic) bond motifs is 1. The van der Waals surface area contributed by atoms with E-state index in [4.69, 9.17) is 16.3 Å². The molecule has 1 aromatic heterocycles. The lowest BCUT2D eigenvalue weighted by atomic mass is 10.0. The van der Waals surface area contributed by atoms with Gasteiger partial charge in [0.1, 0.15) is 0 Å². The molecule has 0 aliphatic carbocycles. The van der Waals surface area contributed by atoms with Crippen molar-refractivity contribution >= 4 is 28.3 Å². The molecule has 0 bridgehead atoms. The smallest absolute Gasteiger partial charge is 0.322 e. The molecule has 0 amide bonds. The first kappa shape index (κ1) is 13.6. The number of aromatic nitrogens is 3. The monoisotopic (exact) mass is 300 g/mol. The van der Waals surface area contributed by atoms with Crippen LogP contribution in [-0.2, 0) is 6.54 Å². The van der Waals surface area contributed by atoms with E-state index in [1.807, 2.05) is 18.2 Å². The van der Waals surface area contributed by atoms with E-state index in [1.54, 1.807) is 0 Å². The van der Waals surface area contributed by atoms with Crippen LogP contribution >= 0.6 is 11.6 Å². The molecule has 0 fully saturated rings. The Hall–Kier alpha value is -2.40. The van der Waals surface area contributed by atoms with Gasteiger partial charge in [0.25, 0.3) is 0 Å². The SMILES string of the molecule is COc1nc(Cl)nc(NCc2cccc3ccccc23)n1. The highest BCUT2D eigenvalue weighted by molar-refractivity contribution is 6.28. The zero-order valence-corrected chi connectivity index (χ0v) is 12.1. The molecule has 0 saturated carbocycles. The van der Waals surface area contributed by atoms with E-state index in [0.29, 0.717) is 12.5 Å². The zero-order valence-electron chi connectivity index (χ0n) is 11.4. The van der Waals surface area contributed by atoms with Crippen LogP contribution in [0.3, 0.4) is 0 Å². The molecule has 0 aliphatic rings. The van der Waals surface area contributed by atoms with E-state index >= 15 is 0 Å². The van der Waals surface area contributed by atoms with Crippen molar-refractivity contribution in [2.24, 2.45) is 0 Å². The van der Waals surface area contributed by atoms with Crippen LogP contribution in [0.15, 0.2) is 42.5 Å². The summed E-state index contributed by atoms with van der Waals surface area (Å²) in [5, 5.41) is 5.63. The summed E-state index contributed by atoms with van der Waals surface area (Å²) < 4.78 is 4.97. The molecule has 0 atom stereocenters. The normalized spacial score (nSPS) is 10.6. The highest BCUT2D eigenvalue weighted by Crippen LogP contribution is 2.19. The van der Waals surface area contributed by atoms with Gasteiger partial charge in [0.2, 0.25) is 11.2 Å². The van der Waals surface area contributed by atoms with Gasteiger partial charge in [-0.25, -0.2) is 0 Å². The van der Waals surface area contributed by atoms with Crippen LogP contribution in [0.5, 0.6) is 6.01 Å². The third-order valence-electron chi connectivity index (χ3n) is 3.09. The second-order valence-electron chi connectivity index (χ2n) is 4.41. The number of nitrogens with zero attached hydrogens (tertiary/aromatic N) is 3. The Bertz CT molecular complexity index is 773. The summed E-state index contributed by atoms with van der Waals surface area (Å²) in [5.41, 5.74) is 1.16. The molecule has 1 heterocycles. The Morgan fingerprint density at radius 2 is 1.86 bits per heavy atom. The van der Waals surface area contributed by atoms with Crippen LogP contribution in [0.25, 0.3) is 10.8 Å². The maximum Gasteiger partial charge on any atom is 0.322 e. The summed E-state index contributed by atoms with van der Waals surface area (Å²) in [4.78, 5) is 12.0. The summed E-state index contributed by atoms with van der Waals surface area (Å²) in [5.74, 6) is 0.389. The number of nitrogens with one attached hydrogen (secondary N) is 1. The molecule has 1 N–H and O–H groups in total. The number of halogens is 1. The summed E-state index contributed by atoms with van der Waals surface area (Å²) in [6.07, 6.45) is 0. The maximum atomic E-state index is 5.82. The first-order valence-corrected chi connectivity index (χ1v) is 6.80. The average Bonchev–Trinajstić information content (AvgIpc) is 2.52. The Kier molecular flexibility index (Phi) is 3.83. The largest absolute Gasteiger partial charge is 0.467 e. The summed E-state index contributed by atoms with van der Waals surface area (Å²) in [6.45, 7) is 0.588. The van der Waals surface area contributed by atoms with Crippen molar-refractivity contribution in [2.75, 3.05) is 12.4 Å². The fourth-order valence-electron chi connectivity index (χ4n) is 2.12. The topological polar surface area (TPSA) is 59.9 Å². The number of hydrogen-bond donors (Lipinski definition) is 1. The molecule has 0 saturated heterocycles. The average molecular weight is 301 g/mol. The first-order chi connectivity index (χ1) is 10.3. The molecule has 2 aromatic carbocycles. The molecule has 3 rings (SSSR count). The van der Waals surface area contributed by atoms with Crippen molar-refractivity contribution in [1.82, 2.24) is 15.0 Å². The molecule has 0 spiro atoms. The van der Waals surface area contributed by atoms with Gasteiger partial charge in [-0.2, -0.15) is 15.0 Å². The lowest BCUT2D eigenvalue weighted by Gasteiger charge is -2.09. The zero-order chi connectivity index (χ0) is 14.7. The predicted octanol–water partition coefficient (Wildman–Crippen LogP) is 3.30. The van der Waals surface area contributed by atoms with E-state index in [-0.39, 0.29) is 11.3 Å². The molecule has 0 aliphatic heterocycles. The molecule has 5 nitrogen and oxygen atoms in total. The Morgan fingerprint density at radius 1 is 1.05 bits per heavy atom. The summed E-state index contributed by atoms with van der Waals surface area (Å²) in [7, 11) is 1.49. The minimum atomic E-state index is 0.0993. The predicted molar refractivity (Wildman–Crippen MR) is 82.7 cm³/mol. The summed E-state index contributed by atoms with van der Waals surface area (Å²) in [6, 6.07) is 14.6. The number of hydrogen-bond acceptors (Lipinski definition) is 5. The number of rotatable bonds is 4. The Balaban J connectivity index is 1.85. The fraction of sp³-hybridized carbons (Fsp3) is 0.133. The number of benzene rings is 2.